The second-order valence-corrected chi connectivity index (χ2v) is 10.3. The molecule has 5 rings (SSSR count). The van der Waals surface area contributed by atoms with Gasteiger partial charge in [0.2, 0.25) is 5.91 Å². The van der Waals surface area contributed by atoms with Crippen LogP contribution in [0.15, 0.2) is 67.0 Å². The first-order valence-corrected chi connectivity index (χ1v) is 13.7. The topological polar surface area (TPSA) is 109 Å². The summed E-state index contributed by atoms with van der Waals surface area (Å²) >= 11 is 0. The second kappa shape index (κ2) is 12.8. The molecule has 0 bridgehead atoms. The van der Waals surface area contributed by atoms with Crippen molar-refractivity contribution in [3.63, 3.8) is 0 Å². The Bertz CT molecular complexity index is 1350. The zero-order valence-electron chi connectivity index (χ0n) is 22.4. The summed E-state index contributed by atoms with van der Waals surface area (Å²) in [6.07, 6.45) is 3.75. The monoisotopic (exact) mass is 527 g/mol. The highest BCUT2D eigenvalue weighted by atomic mass is 16.5. The number of nitrogens with one attached hydrogen (secondary N) is 3. The summed E-state index contributed by atoms with van der Waals surface area (Å²) in [4.78, 5) is 28.5. The zero-order chi connectivity index (χ0) is 27.0. The van der Waals surface area contributed by atoms with Gasteiger partial charge in [0.15, 0.2) is 0 Å². The van der Waals surface area contributed by atoms with Crippen LogP contribution in [0.5, 0.6) is 0 Å². The number of hydrogen-bond donors (Lipinski definition) is 4. The molecule has 0 aliphatic carbocycles. The van der Waals surface area contributed by atoms with Gasteiger partial charge < -0.3 is 15.2 Å². The van der Waals surface area contributed by atoms with Crippen LogP contribution in [-0.2, 0) is 11.3 Å². The Morgan fingerprint density at radius 3 is 2.49 bits per heavy atom. The van der Waals surface area contributed by atoms with E-state index in [2.05, 4.69) is 79.5 Å². The minimum absolute atomic E-state index is 0.129. The van der Waals surface area contributed by atoms with Gasteiger partial charge in [-0.25, -0.2) is 15.4 Å². The third kappa shape index (κ3) is 7.00. The molecule has 0 unspecified atom stereocenters. The van der Waals surface area contributed by atoms with Crippen LogP contribution >= 0.6 is 0 Å². The highest BCUT2D eigenvalue weighted by Crippen LogP contribution is 2.29. The maximum atomic E-state index is 11.1. The molecule has 0 radical (unpaired) electrons. The van der Waals surface area contributed by atoms with Crippen LogP contribution in [0.2, 0.25) is 0 Å². The van der Waals surface area contributed by atoms with Crippen LogP contribution in [0.25, 0.3) is 22.3 Å². The molecule has 9 nitrogen and oxygen atoms in total. The van der Waals surface area contributed by atoms with Crippen LogP contribution in [-0.4, -0.2) is 68.6 Å². The van der Waals surface area contributed by atoms with Crippen molar-refractivity contribution in [1.82, 2.24) is 30.2 Å². The summed E-state index contributed by atoms with van der Waals surface area (Å²) in [5.74, 6) is 0.518. The lowest BCUT2D eigenvalue weighted by atomic mass is 10.1. The molecule has 0 spiro atoms. The zero-order valence-corrected chi connectivity index (χ0v) is 22.4. The molecule has 204 valence electrons. The largest absolute Gasteiger partial charge is 0.363 e. The first-order valence-electron chi connectivity index (χ1n) is 13.7. The van der Waals surface area contributed by atoms with Crippen LogP contribution in [0.3, 0.4) is 0 Å². The number of rotatable bonds is 11. The van der Waals surface area contributed by atoms with Gasteiger partial charge in [-0.2, -0.15) is 0 Å². The van der Waals surface area contributed by atoms with Crippen molar-refractivity contribution >= 4 is 22.8 Å². The number of piperazine rings is 1. The maximum Gasteiger partial charge on any atom is 0.243 e. The Morgan fingerprint density at radius 2 is 1.74 bits per heavy atom. The van der Waals surface area contributed by atoms with Gasteiger partial charge in [0.25, 0.3) is 0 Å². The van der Waals surface area contributed by atoms with Crippen molar-refractivity contribution < 1.29 is 10.0 Å². The summed E-state index contributed by atoms with van der Waals surface area (Å²) in [5, 5.41) is 13.1. The average Bonchev–Trinajstić information content (AvgIpc) is 3.42. The van der Waals surface area contributed by atoms with Crippen molar-refractivity contribution in [3.05, 3.63) is 78.1 Å². The molecule has 4 N–H and O–H groups in total. The number of amides is 1. The van der Waals surface area contributed by atoms with E-state index in [1.54, 1.807) is 11.8 Å². The van der Waals surface area contributed by atoms with E-state index in [1.165, 1.54) is 11.1 Å². The lowest BCUT2D eigenvalue weighted by Gasteiger charge is -2.34. The van der Waals surface area contributed by atoms with E-state index in [1.807, 2.05) is 18.2 Å². The number of hydroxylamine groups is 1. The molecule has 1 saturated heterocycles. The first kappa shape index (κ1) is 26.8. The second-order valence-electron chi connectivity index (χ2n) is 10.3. The Balaban J connectivity index is 1.15. The molecule has 39 heavy (non-hydrogen) atoms. The standard InChI is InChI=1S/C30H37N7O2/c1-22(24-7-3-2-4-8-24)33-29-26-19-27(34-30(26)32-21-31-29)25-12-10-23(11-13-25)20-37-17-15-36(16-18-37)14-6-5-9-28(38)35-39/h2-4,7-8,10-13,19,21-22,39H,5-6,9,14-18,20H2,1H3,(H,35,38)(H2,31,32,33,34)/t22-/m1/s1. The van der Waals surface area contributed by atoms with E-state index in [0.29, 0.717) is 6.42 Å². The first-order chi connectivity index (χ1) is 19.1. The number of H-pyrrole nitrogens is 1. The van der Waals surface area contributed by atoms with E-state index in [4.69, 9.17) is 5.21 Å². The Kier molecular flexibility index (Phi) is 8.82. The fraction of sp³-hybridized carbons (Fsp3) is 0.367. The molecule has 3 heterocycles. The number of hydrogen-bond acceptors (Lipinski definition) is 7. The number of unbranched alkanes of at least 4 members (excludes halogenated alkanes) is 1. The predicted octanol–water partition coefficient (Wildman–Crippen LogP) is 4.59. The molecule has 1 fully saturated rings. The Morgan fingerprint density at radius 1 is 1.00 bits per heavy atom. The summed E-state index contributed by atoms with van der Waals surface area (Å²) in [6.45, 7) is 8.23. The van der Waals surface area contributed by atoms with Gasteiger partial charge in [-0.1, -0.05) is 54.6 Å². The normalized spacial score (nSPS) is 15.3. The van der Waals surface area contributed by atoms with E-state index in [9.17, 15) is 4.79 Å². The molecule has 1 aliphatic heterocycles. The minimum Gasteiger partial charge on any atom is -0.363 e. The van der Waals surface area contributed by atoms with Crippen LogP contribution < -0.4 is 10.8 Å². The van der Waals surface area contributed by atoms with Crippen LogP contribution in [0, 0.1) is 0 Å². The summed E-state index contributed by atoms with van der Waals surface area (Å²) < 4.78 is 0. The van der Waals surface area contributed by atoms with Gasteiger partial charge in [-0.05, 0) is 49.1 Å². The van der Waals surface area contributed by atoms with Crippen molar-refractivity contribution in [2.45, 2.75) is 38.8 Å². The van der Waals surface area contributed by atoms with Gasteiger partial charge in [-0.3, -0.25) is 14.9 Å². The van der Waals surface area contributed by atoms with Gasteiger partial charge in [0, 0.05) is 50.9 Å². The number of nitrogens with zero attached hydrogens (tertiary/aromatic N) is 4. The molecule has 1 atom stereocenters. The number of anilines is 1. The number of carbonyl (C=O) groups excluding carboxylic acids is 1. The molecule has 0 saturated carbocycles. The van der Waals surface area contributed by atoms with Crippen molar-refractivity contribution in [1.29, 1.82) is 0 Å². The van der Waals surface area contributed by atoms with E-state index >= 15 is 0 Å². The molecular formula is C30H37N7O2. The van der Waals surface area contributed by atoms with Gasteiger partial charge >= 0.3 is 0 Å². The third-order valence-corrected chi connectivity index (χ3v) is 7.47. The van der Waals surface area contributed by atoms with E-state index in [-0.39, 0.29) is 11.9 Å². The average molecular weight is 528 g/mol. The lowest BCUT2D eigenvalue weighted by molar-refractivity contribution is -0.129. The number of aromatic amines is 1. The quantitative estimate of drug-likeness (QED) is 0.128. The summed E-state index contributed by atoms with van der Waals surface area (Å²) in [6, 6.07) is 21.4. The molecule has 9 heteroatoms. The maximum absolute atomic E-state index is 11.1. The summed E-state index contributed by atoms with van der Waals surface area (Å²) in [5.41, 5.74) is 7.18. The number of carbonyl (C=O) groups is 1. The minimum atomic E-state index is -0.306. The van der Waals surface area contributed by atoms with Crippen LogP contribution in [0.4, 0.5) is 5.82 Å². The molecule has 2 aromatic heterocycles. The molecule has 4 aromatic rings. The van der Waals surface area contributed by atoms with Gasteiger partial charge in [-0.15, -0.1) is 0 Å². The van der Waals surface area contributed by atoms with Gasteiger partial charge in [0.05, 0.1) is 5.39 Å². The lowest BCUT2D eigenvalue weighted by Crippen LogP contribution is -2.46. The highest BCUT2D eigenvalue weighted by molar-refractivity contribution is 5.91. The SMILES string of the molecule is C[C@@H](Nc1ncnc2[nH]c(-c3ccc(CN4CCN(CCCCC(=O)NO)CC4)cc3)cc12)c1ccccc1. The Hall–Kier alpha value is -3.79. The van der Waals surface area contributed by atoms with Crippen molar-refractivity contribution in [2.24, 2.45) is 0 Å². The highest BCUT2D eigenvalue weighted by Gasteiger charge is 2.17. The number of aromatic nitrogens is 3. The van der Waals surface area contributed by atoms with Crippen molar-refractivity contribution in [3.8, 4) is 11.3 Å². The van der Waals surface area contributed by atoms with E-state index < -0.39 is 0 Å². The van der Waals surface area contributed by atoms with Crippen molar-refractivity contribution in [2.75, 3.05) is 38.0 Å². The Labute approximate surface area is 229 Å². The molecule has 2 aromatic carbocycles. The van der Waals surface area contributed by atoms with E-state index in [0.717, 1.165) is 80.2 Å². The predicted molar refractivity (Wildman–Crippen MR) is 153 cm³/mol. The van der Waals surface area contributed by atoms with Gasteiger partial charge in [0.1, 0.15) is 17.8 Å². The summed E-state index contributed by atoms with van der Waals surface area (Å²) in [7, 11) is 0. The number of fused-ring (bicyclic) bond motifs is 1. The number of benzene rings is 2. The molecular weight excluding hydrogens is 490 g/mol. The molecule has 1 aliphatic rings. The fourth-order valence-corrected chi connectivity index (χ4v) is 5.14. The fourth-order valence-electron chi connectivity index (χ4n) is 5.14. The molecule has 1 amide bonds. The third-order valence-electron chi connectivity index (χ3n) is 7.47. The van der Waals surface area contributed by atoms with Crippen LogP contribution in [0.1, 0.15) is 43.4 Å². The smallest absolute Gasteiger partial charge is 0.243 e.